The Labute approximate surface area is 127 Å². The number of carboxylic acid groups (broad SMARTS) is 1. The maximum absolute atomic E-state index is 12.3. The number of benzene rings is 1. The molecule has 0 aliphatic carbocycles. The first-order chi connectivity index (χ1) is 10.4. The molecular formula is C16H17NO5. The van der Waals surface area contributed by atoms with E-state index in [2.05, 4.69) is 0 Å². The summed E-state index contributed by atoms with van der Waals surface area (Å²) in [5.74, 6) is -0.876. The van der Waals surface area contributed by atoms with Crippen molar-refractivity contribution in [3.8, 4) is 5.75 Å². The first-order valence-electron chi connectivity index (χ1n) is 6.75. The van der Waals surface area contributed by atoms with Crippen LogP contribution in [0.1, 0.15) is 34.8 Å². The quantitative estimate of drug-likeness (QED) is 0.918. The molecule has 1 aromatic heterocycles. The smallest absolute Gasteiger partial charge is 0.338 e. The fourth-order valence-corrected chi connectivity index (χ4v) is 1.86. The van der Waals surface area contributed by atoms with Crippen LogP contribution in [0.3, 0.4) is 0 Å². The minimum absolute atomic E-state index is 0.0255. The van der Waals surface area contributed by atoms with E-state index in [1.165, 1.54) is 11.0 Å². The van der Waals surface area contributed by atoms with E-state index in [0.717, 1.165) is 6.26 Å². The lowest BCUT2D eigenvalue weighted by Gasteiger charge is -2.17. The molecule has 0 fully saturated rings. The Balaban J connectivity index is 2.14. The second-order valence-electron chi connectivity index (χ2n) is 5.03. The molecule has 1 aromatic carbocycles. The summed E-state index contributed by atoms with van der Waals surface area (Å²) in [5.41, 5.74) is 0.590. The van der Waals surface area contributed by atoms with Crippen LogP contribution in [0, 0.1) is 0 Å². The summed E-state index contributed by atoms with van der Waals surface area (Å²) in [6.45, 7) is 3.86. The van der Waals surface area contributed by atoms with Crippen LogP contribution in [-0.4, -0.2) is 30.1 Å². The van der Waals surface area contributed by atoms with Crippen LogP contribution in [0.15, 0.2) is 41.0 Å². The minimum Gasteiger partial charge on any atom is -0.491 e. The molecule has 0 saturated heterocycles. The number of nitrogens with zero attached hydrogens (tertiary/aromatic N) is 1. The molecule has 1 heterocycles. The lowest BCUT2D eigenvalue weighted by Crippen LogP contribution is -2.25. The zero-order valence-electron chi connectivity index (χ0n) is 12.6. The summed E-state index contributed by atoms with van der Waals surface area (Å²) in [7, 11) is 1.59. The number of hydrogen-bond donors (Lipinski definition) is 1. The van der Waals surface area contributed by atoms with Gasteiger partial charge in [0.15, 0.2) is 5.76 Å². The predicted octanol–water partition coefficient (Wildman–Crippen LogP) is 3.04. The zero-order valence-corrected chi connectivity index (χ0v) is 12.6. The number of carbonyl (C=O) groups is 2. The van der Waals surface area contributed by atoms with Gasteiger partial charge in [0.2, 0.25) is 0 Å². The summed E-state index contributed by atoms with van der Waals surface area (Å²) < 4.78 is 10.5. The Morgan fingerprint density at radius 3 is 2.36 bits per heavy atom. The highest BCUT2D eigenvalue weighted by molar-refractivity contribution is 6.05. The molecule has 0 aliphatic rings. The van der Waals surface area contributed by atoms with E-state index in [9.17, 15) is 9.59 Å². The number of ether oxygens (including phenoxy) is 1. The molecule has 0 bridgehead atoms. The number of furan rings is 1. The zero-order chi connectivity index (χ0) is 16.3. The SMILES string of the molecule is CC(C)Oc1ccc(N(C)C(=O)c2cc(C(=O)O)co2)cc1. The molecule has 0 spiro atoms. The van der Waals surface area contributed by atoms with Crippen molar-refractivity contribution in [2.45, 2.75) is 20.0 Å². The molecule has 0 atom stereocenters. The molecule has 0 saturated carbocycles. The molecule has 2 rings (SSSR count). The van der Waals surface area contributed by atoms with Gasteiger partial charge < -0.3 is 19.2 Å². The van der Waals surface area contributed by atoms with Crippen molar-refractivity contribution in [3.63, 3.8) is 0 Å². The standard InChI is InChI=1S/C16H17NO5/c1-10(2)22-13-6-4-12(5-7-13)17(3)15(18)14-8-11(9-21-14)16(19)20/h4-10H,1-3H3,(H,19,20). The molecule has 0 unspecified atom stereocenters. The predicted molar refractivity (Wildman–Crippen MR) is 80.6 cm³/mol. The fourth-order valence-electron chi connectivity index (χ4n) is 1.86. The first kappa shape index (κ1) is 15.6. The van der Waals surface area contributed by atoms with Gasteiger partial charge >= 0.3 is 5.97 Å². The maximum atomic E-state index is 12.3. The van der Waals surface area contributed by atoms with Crippen molar-refractivity contribution in [2.75, 3.05) is 11.9 Å². The van der Waals surface area contributed by atoms with Crippen LogP contribution >= 0.6 is 0 Å². The van der Waals surface area contributed by atoms with E-state index in [4.69, 9.17) is 14.3 Å². The van der Waals surface area contributed by atoms with E-state index in [-0.39, 0.29) is 17.4 Å². The third-order valence-corrected chi connectivity index (χ3v) is 2.96. The Morgan fingerprint density at radius 1 is 1.23 bits per heavy atom. The van der Waals surface area contributed by atoms with Gasteiger partial charge in [0, 0.05) is 18.8 Å². The fraction of sp³-hybridized carbons (Fsp3) is 0.250. The van der Waals surface area contributed by atoms with Crippen molar-refractivity contribution >= 4 is 17.6 Å². The monoisotopic (exact) mass is 303 g/mol. The van der Waals surface area contributed by atoms with Gasteiger partial charge in [-0.25, -0.2) is 4.79 Å². The molecule has 0 aliphatic heterocycles. The molecule has 22 heavy (non-hydrogen) atoms. The molecule has 1 amide bonds. The summed E-state index contributed by atoms with van der Waals surface area (Å²) in [4.78, 5) is 24.4. The summed E-state index contributed by atoms with van der Waals surface area (Å²) in [5, 5.41) is 8.84. The third-order valence-electron chi connectivity index (χ3n) is 2.96. The van der Waals surface area contributed by atoms with Gasteiger partial charge in [0.25, 0.3) is 5.91 Å². The lowest BCUT2D eigenvalue weighted by atomic mass is 10.2. The average Bonchev–Trinajstić information content (AvgIpc) is 2.96. The number of carbonyl (C=O) groups excluding carboxylic acids is 1. The van der Waals surface area contributed by atoms with Crippen LogP contribution in [0.4, 0.5) is 5.69 Å². The molecule has 0 radical (unpaired) electrons. The van der Waals surface area contributed by atoms with Crippen LogP contribution in [0.25, 0.3) is 0 Å². The molecule has 1 N–H and O–H groups in total. The number of rotatable bonds is 5. The average molecular weight is 303 g/mol. The summed E-state index contributed by atoms with van der Waals surface area (Å²) >= 11 is 0. The third kappa shape index (κ3) is 3.46. The van der Waals surface area contributed by atoms with Gasteiger partial charge in [-0.1, -0.05) is 0 Å². The highest BCUT2D eigenvalue weighted by Crippen LogP contribution is 2.21. The van der Waals surface area contributed by atoms with E-state index in [0.29, 0.717) is 11.4 Å². The number of anilines is 1. The van der Waals surface area contributed by atoms with Gasteiger partial charge in [-0.2, -0.15) is 0 Å². The second kappa shape index (κ2) is 6.34. The van der Waals surface area contributed by atoms with E-state index in [1.807, 2.05) is 13.8 Å². The number of carboxylic acids is 1. The highest BCUT2D eigenvalue weighted by atomic mass is 16.5. The molecule has 6 heteroatoms. The van der Waals surface area contributed by atoms with Crippen LogP contribution < -0.4 is 9.64 Å². The summed E-state index contributed by atoms with van der Waals surface area (Å²) in [6.07, 6.45) is 1.12. The molecule has 6 nitrogen and oxygen atoms in total. The van der Waals surface area contributed by atoms with E-state index >= 15 is 0 Å². The van der Waals surface area contributed by atoms with Gasteiger partial charge in [-0.15, -0.1) is 0 Å². The topological polar surface area (TPSA) is 80.0 Å². The molecule has 116 valence electrons. The largest absolute Gasteiger partial charge is 0.491 e. The molecule has 2 aromatic rings. The van der Waals surface area contributed by atoms with Crippen LogP contribution in [0.2, 0.25) is 0 Å². The van der Waals surface area contributed by atoms with Gasteiger partial charge in [0.1, 0.15) is 12.0 Å². The van der Waals surface area contributed by atoms with Crippen LogP contribution in [-0.2, 0) is 0 Å². The van der Waals surface area contributed by atoms with Crippen molar-refractivity contribution in [2.24, 2.45) is 0 Å². The lowest BCUT2D eigenvalue weighted by molar-refractivity contribution is 0.0696. The van der Waals surface area contributed by atoms with E-state index in [1.54, 1.807) is 31.3 Å². The number of amides is 1. The van der Waals surface area contributed by atoms with Crippen molar-refractivity contribution in [1.29, 1.82) is 0 Å². The van der Waals surface area contributed by atoms with Crippen molar-refractivity contribution in [3.05, 3.63) is 47.9 Å². The Kier molecular flexibility index (Phi) is 4.50. The van der Waals surface area contributed by atoms with Gasteiger partial charge in [0.05, 0.1) is 11.7 Å². The minimum atomic E-state index is -1.14. The van der Waals surface area contributed by atoms with Crippen molar-refractivity contribution < 1.29 is 23.8 Å². The van der Waals surface area contributed by atoms with Gasteiger partial charge in [-0.05, 0) is 38.1 Å². The van der Waals surface area contributed by atoms with Crippen molar-refractivity contribution in [1.82, 2.24) is 0 Å². The first-order valence-corrected chi connectivity index (χ1v) is 6.75. The highest BCUT2D eigenvalue weighted by Gasteiger charge is 2.19. The number of hydrogen-bond acceptors (Lipinski definition) is 4. The second-order valence-corrected chi connectivity index (χ2v) is 5.03. The maximum Gasteiger partial charge on any atom is 0.338 e. The number of aromatic carboxylic acids is 1. The Bertz CT molecular complexity index is 672. The molecular weight excluding hydrogens is 286 g/mol. The van der Waals surface area contributed by atoms with Gasteiger partial charge in [-0.3, -0.25) is 4.79 Å². The van der Waals surface area contributed by atoms with Crippen LogP contribution in [0.5, 0.6) is 5.75 Å². The van der Waals surface area contributed by atoms with E-state index < -0.39 is 11.9 Å². The normalized spacial score (nSPS) is 10.5. The Hall–Kier alpha value is -2.76. The Morgan fingerprint density at radius 2 is 1.86 bits per heavy atom. The summed E-state index contributed by atoms with van der Waals surface area (Å²) in [6, 6.07) is 8.23.